The fraction of sp³-hybridized carbons (Fsp3) is 0.333. The molecule has 11 heavy (non-hydrogen) atoms. The molecule has 0 aromatic heterocycles. The van der Waals surface area contributed by atoms with Gasteiger partial charge in [-0.2, -0.15) is 0 Å². The summed E-state index contributed by atoms with van der Waals surface area (Å²) >= 11 is 0. The van der Waals surface area contributed by atoms with Crippen LogP contribution in [0.5, 0.6) is 0 Å². The van der Waals surface area contributed by atoms with Gasteiger partial charge in [-0.3, -0.25) is 0 Å². The molecule has 0 saturated heterocycles. The molecule has 0 unspecified atom stereocenters. The van der Waals surface area contributed by atoms with Gasteiger partial charge in [-0.15, -0.1) is 0 Å². The molecule has 0 radical (unpaired) electrons. The maximum Gasteiger partial charge on any atom is 0.0624 e. The molecule has 0 aliphatic rings. The summed E-state index contributed by atoms with van der Waals surface area (Å²) in [7, 11) is 0. The van der Waals surface area contributed by atoms with Crippen molar-refractivity contribution in [3.05, 3.63) is 35.4 Å². The molecule has 3 N–H and O–H groups in total. The third-order valence-electron chi connectivity index (χ3n) is 1.67. The van der Waals surface area contributed by atoms with Gasteiger partial charge < -0.3 is 10.8 Å². The number of hydrogen-bond acceptors (Lipinski definition) is 2. The van der Waals surface area contributed by atoms with Gasteiger partial charge in [0.25, 0.3) is 0 Å². The molecule has 0 aliphatic carbocycles. The molecular weight excluding hydrogens is 138 g/mol. The van der Waals surface area contributed by atoms with E-state index in [0.717, 1.165) is 5.56 Å². The zero-order chi connectivity index (χ0) is 8.27. The summed E-state index contributed by atoms with van der Waals surface area (Å²) in [6.07, 6.45) is 0. The Morgan fingerprint density at radius 2 is 2.27 bits per heavy atom. The molecule has 0 spiro atoms. The highest BCUT2D eigenvalue weighted by molar-refractivity contribution is 5.24. The topological polar surface area (TPSA) is 46.2 Å². The van der Waals surface area contributed by atoms with E-state index in [4.69, 9.17) is 10.8 Å². The van der Waals surface area contributed by atoms with Crippen LogP contribution in [0.15, 0.2) is 24.3 Å². The lowest BCUT2D eigenvalue weighted by molar-refractivity contribution is 0.268. The Bertz CT molecular complexity index is 235. The number of aryl methyl sites for hydroxylation is 1. The lowest BCUT2D eigenvalue weighted by Crippen LogP contribution is -2.14. The van der Waals surface area contributed by atoms with Gasteiger partial charge in [0.1, 0.15) is 0 Å². The number of hydrogen-bond donors (Lipinski definition) is 2. The number of nitrogens with two attached hydrogens (primary N) is 1. The number of aliphatic hydroxyl groups excluding tert-OH is 1. The summed E-state index contributed by atoms with van der Waals surface area (Å²) in [5.74, 6) is 0. The van der Waals surface area contributed by atoms with Crippen LogP contribution in [0.1, 0.15) is 17.2 Å². The van der Waals surface area contributed by atoms with E-state index in [-0.39, 0.29) is 12.6 Å². The molecule has 60 valence electrons. The van der Waals surface area contributed by atoms with Gasteiger partial charge in [0, 0.05) is 0 Å². The Labute approximate surface area is 66.7 Å². The van der Waals surface area contributed by atoms with E-state index in [0.29, 0.717) is 0 Å². The second-order valence-electron chi connectivity index (χ2n) is 2.70. The highest BCUT2D eigenvalue weighted by Crippen LogP contribution is 2.10. The van der Waals surface area contributed by atoms with Crippen molar-refractivity contribution < 1.29 is 5.11 Å². The molecule has 2 heteroatoms. The lowest BCUT2D eigenvalue weighted by atomic mass is 10.1. The molecule has 0 fully saturated rings. The maximum absolute atomic E-state index is 8.75. The molecule has 1 aromatic carbocycles. The Balaban J connectivity index is 2.86. The minimum absolute atomic E-state index is 0.00343. The maximum atomic E-state index is 8.75. The van der Waals surface area contributed by atoms with Crippen LogP contribution in [0, 0.1) is 6.92 Å². The zero-order valence-corrected chi connectivity index (χ0v) is 6.62. The molecule has 0 bridgehead atoms. The van der Waals surface area contributed by atoms with E-state index in [9.17, 15) is 0 Å². The van der Waals surface area contributed by atoms with Crippen molar-refractivity contribution in [3.63, 3.8) is 0 Å². The van der Waals surface area contributed by atoms with Crippen molar-refractivity contribution in [1.82, 2.24) is 0 Å². The fourth-order valence-electron chi connectivity index (χ4n) is 1.01. The highest BCUT2D eigenvalue weighted by Gasteiger charge is 2.02. The second kappa shape index (κ2) is 3.51. The molecule has 1 rings (SSSR count). The first kappa shape index (κ1) is 8.24. The molecule has 0 aliphatic heterocycles. The van der Waals surface area contributed by atoms with Crippen LogP contribution < -0.4 is 5.73 Å². The minimum atomic E-state index is -0.241. The van der Waals surface area contributed by atoms with Crippen LogP contribution >= 0.6 is 0 Å². The molecule has 2 nitrogen and oxygen atoms in total. The first-order valence-corrected chi connectivity index (χ1v) is 3.67. The van der Waals surface area contributed by atoms with E-state index in [1.54, 1.807) is 0 Å². The highest BCUT2D eigenvalue weighted by atomic mass is 16.3. The summed E-state index contributed by atoms with van der Waals surface area (Å²) in [4.78, 5) is 0. The van der Waals surface area contributed by atoms with Crippen LogP contribution in [0.25, 0.3) is 0 Å². The van der Waals surface area contributed by atoms with Crippen LogP contribution in [0.3, 0.4) is 0 Å². The lowest BCUT2D eigenvalue weighted by Gasteiger charge is -2.08. The first-order valence-electron chi connectivity index (χ1n) is 3.67. The Morgan fingerprint density at radius 1 is 1.55 bits per heavy atom. The minimum Gasteiger partial charge on any atom is -0.394 e. The van der Waals surface area contributed by atoms with Crippen molar-refractivity contribution in [2.75, 3.05) is 6.61 Å². The van der Waals surface area contributed by atoms with Crippen molar-refractivity contribution in [3.8, 4) is 0 Å². The third-order valence-corrected chi connectivity index (χ3v) is 1.67. The van der Waals surface area contributed by atoms with E-state index >= 15 is 0 Å². The zero-order valence-electron chi connectivity index (χ0n) is 6.62. The quantitative estimate of drug-likeness (QED) is 0.662. The molecule has 0 amide bonds. The van der Waals surface area contributed by atoms with Crippen LogP contribution in [0.4, 0.5) is 0 Å². The van der Waals surface area contributed by atoms with Crippen molar-refractivity contribution in [1.29, 1.82) is 0 Å². The predicted octanol–water partition coefficient (Wildman–Crippen LogP) is 0.987. The average Bonchev–Trinajstić information content (AvgIpc) is 2.03. The summed E-state index contributed by atoms with van der Waals surface area (Å²) in [6.45, 7) is 2.01. The normalized spacial score (nSPS) is 13.0. The standard InChI is InChI=1S/C9H13NO/c1-7-3-2-4-8(5-7)9(10)6-11/h2-5,9,11H,6,10H2,1H3/t9-/m0/s1. The monoisotopic (exact) mass is 151 g/mol. The largest absolute Gasteiger partial charge is 0.394 e. The van der Waals surface area contributed by atoms with E-state index < -0.39 is 0 Å². The second-order valence-corrected chi connectivity index (χ2v) is 2.70. The van der Waals surface area contributed by atoms with Crippen LogP contribution in [-0.4, -0.2) is 11.7 Å². The van der Waals surface area contributed by atoms with Crippen molar-refractivity contribution in [2.45, 2.75) is 13.0 Å². The van der Waals surface area contributed by atoms with Gasteiger partial charge in [0.15, 0.2) is 0 Å². The third kappa shape index (κ3) is 2.03. The van der Waals surface area contributed by atoms with Gasteiger partial charge in [0.05, 0.1) is 12.6 Å². The molecule has 0 saturated carbocycles. The number of rotatable bonds is 2. The summed E-state index contributed by atoms with van der Waals surface area (Å²) in [5.41, 5.74) is 7.78. The van der Waals surface area contributed by atoms with Crippen LogP contribution in [0.2, 0.25) is 0 Å². The number of benzene rings is 1. The van der Waals surface area contributed by atoms with E-state index in [1.807, 2.05) is 31.2 Å². The summed E-state index contributed by atoms with van der Waals surface area (Å²) in [6, 6.07) is 7.62. The van der Waals surface area contributed by atoms with Gasteiger partial charge in [0.2, 0.25) is 0 Å². The summed E-state index contributed by atoms with van der Waals surface area (Å²) in [5, 5.41) is 8.75. The van der Waals surface area contributed by atoms with Gasteiger partial charge in [-0.05, 0) is 12.5 Å². The SMILES string of the molecule is Cc1cccc([C@@H](N)CO)c1. The Hall–Kier alpha value is -0.860. The average molecular weight is 151 g/mol. The molecule has 0 heterocycles. The first-order chi connectivity index (χ1) is 5.24. The fourth-order valence-corrected chi connectivity index (χ4v) is 1.01. The van der Waals surface area contributed by atoms with Crippen molar-refractivity contribution in [2.24, 2.45) is 5.73 Å². The van der Waals surface area contributed by atoms with Crippen molar-refractivity contribution >= 4 is 0 Å². The van der Waals surface area contributed by atoms with Crippen LogP contribution in [-0.2, 0) is 0 Å². The Morgan fingerprint density at radius 3 is 2.82 bits per heavy atom. The van der Waals surface area contributed by atoms with Gasteiger partial charge in [-0.25, -0.2) is 0 Å². The van der Waals surface area contributed by atoms with E-state index in [2.05, 4.69) is 0 Å². The van der Waals surface area contributed by atoms with E-state index in [1.165, 1.54) is 5.56 Å². The molecule has 1 aromatic rings. The van der Waals surface area contributed by atoms with Gasteiger partial charge >= 0.3 is 0 Å². The predicted molar refractivity (Wildman–Crippen MR) is 45.2 cm³/mol. The smallest absolute Gasteiger partial charge is 0.0624 e. The molecule has 1 atom stereocenters. The Kier molecular flexibility index (Phi) is 2.63. The molecular formula is C9H13NO. The summed E-state index contributed by atoms with van der Waals surface area (Å²) < 4.78 is 0. The van der Waals surface area contributed by atoms with Gasteiger partial charge in [-0.1, -0.05) is 29.8 Å². The number of aliphatic hydroxyl groups is 1.